The fraction of sp³-hybridized carbons (Fsp3) is 0.0667. The predicted octanol–water partition coefficient (Wildman–Crippen LogP) is 5.14. The quantitative estimate of drug-likeness (QED) is 0.734. The summed E-state index contributed by atoms with van der Waals surface area (Å²) in [7, 11) is 0. The number of hydrogen-bond donors (Lipinski definition) is 0. The molecule has 0 aromatic heterocycles. The smallest absolute Gasteiger partial charge is 0.184 e. The number of benzene rings is 2. The second kappa shape index (κ2) is 6.28. The summed E-state index contributed by atoms with van der Waals surface area (Å²) in [6, 6.07) is 13.3. The van der Waals surface area contributed by atoms with Gasteiger partial charge in [0.15, 0.2) is 5.78 Å². The van der Waals surface area contributed by atoms with Crippen molar-refractivity contribution in [1.29, 1.82) is 5.26 Å². The molecule has 0 fully saturated rings. The van der Waals surface area contributed by atoms with Crippen molar-refractivity contribution in [1.82, 2.24) is 0 Å². The van der Waals surface area contributed by atoms with Gasteiger partial charge >= 0.3 is 0 Å². The van der Waals surface area contributed by atoms with Crippen LogP contribution in [0.3, 0.4) is 0 Å². The molecule has 0 amide bonds. The zero-order valence-electron chi connectivity index (χ0n) is 10.1. The van der Waals surface area contributed by atoms with Crippen molar-refractivity contribution in [3.8, 4) is 6.07 Å². The number of rotatable bonds is 3. The maximum Gasteiger partial charge on any atom is 0.184 e. The first-order chi connectivity index (χ1) is 9.54. The maximum absolute atomic E-state index is 12.4. The summed E-state index contributed by atoms with van der Waals surface area (Å²) in [6.07, 6.45) is 0. The van der Waals surface area contributed by atoms with E-state index in [4.69, 9.17) is 34.8 Å². The summed E-state index contributed by atoms with van der Waals surface area (Å²) in [4.78, 5) is 12.4. The Labute approximate surface area is 131 Å². The van der Waals surface area contributed by atoms with E-state index < -0.39 is 5.92 Å². The SMILES string of the molecule is N#CC(C(=O)c1ccc(Cl)c(Cl)c1)c1ccccc1Cl. The summed E-state index contributed by atoms with van der Waals surface area (Å²) < 4.78 is 0. The molecule has 5 heteroatoms. The molecule has 0 bridgehead atoms. The Bertz CT molecular complexity index is 707. The molecule has 0 aliphatic heterocycles. The van der Waals surface area contributed by atoms with Gasteiger partial charge in [0.2, 0.25) is 0 Å². The lowest BCUT2D eigenvalue weighted by Gasteiger charge is -2.10. The van der Waals surface area contributed by atoms with Crippen molar-refractivity contribution in [2.45, 2.75) is 5.92 Å². The van der Waals surface area contributed by atoms with Crippen molar-refractivity contribution in [3.63, 3.8) is 0 Å². The van der Waals surface area contributed by atoms with E-state index in [9.17, 15) is 10.1 Å². The molecule has 0 spiro atoms. The summed E-state index contributed by atoms with van der Waals surface area (Å²) >= 11 is 17.7. The van der Waals surface area contributed by atoms with E-state index in [0.717, 1.165) is 0 Å². The molecule has 0 heterocycles. The molecule has 0 saturated carbocycles. The van der Waals surface area contributed by atoms with Crippen LogP contribution in [0.1, 0.15) is 21.8 Å². The van der Waals surface area contributed by atoms with E-state index in [1.54, 1.807) is 24.3 Å². The van der Waals surface area contributed by atoms with Gasteiger partial charge in [-0.2, -0.15) is 5.26 Å². The van der Waals surface area contributed by atoms with Crippen LogP contribution in [-0.4, -0.2) is 5.78 Å². The number of carbonyl (C=O) groups is 1. The maximum atomic E-state index is 12.4. The first-order valence-electron chi connectivity index (χ1n) is 5.68. The zero-order chi connectivity index (χ0) is 14.7. The van der Waals surface area contributed by atoms with Gasteiger partial charge in [-0.1, -0.05) is 53.0 Å². The molecule has 2 rings (SSSR count). The highest BCUT2D eigenvalue weighted by atomic mass is 35.5. The first kappa shape index (κ1) is 14.9. The van der Waals surface area contributed by atoms with Gasteiger partial charge in [-0.05, 0) is 29.8 Å². The molecule has 20 heavy (non-hydrogen) atoms. The topological polar surface area (TPSA) is 40.9 Å². The normalized spacial score (nSPS) is 11.7. The minimum atomic E-state index is -0.971. The highest BCUT2D eigenvalue weighted by Gasteiger charge is 2.24. The van der Waals surface area contributed by atoms with Crippen LogP contribution in [0.15, 0.2) is 42.5 Å². The minimum absolute atomic E-state index is 0.272. The van der Waals surface area contributed by atoms with E-state index in [2.05, 4.69) is 0 Å². The molecular formula is C15H8Cl3NO. The second-order valence-corrected chi connectivity index (χ2v) is 5.30. The molecule has 100 valence electrons. The molecule has 1 unspecified atom stereocenters. The van der Waals surface area contributed by atoms with Gasteiger partial charge in [0.25, 0.3) is 0 Å². The third-order valence-electron chi connectivity index (χ3n) is 2.81. The van der Waals surface area contributed by atoms with E-state index in [0.29, 0.717) is 21.2 Å². The Morgan fingerprint density at radius 2 is 1.70 bits per heavy atom. The lowest BCUT2D eigenvalue weighted by atomic mass is 9.92. The van der Waals surface area contributed by atoms with E-state index in [1.165, 1.54) is 18.2 Å². The van der Waals surface area contributed by atoms with Gasteiger partial charge in [0.1, 0.15) is 5.92 Å². The van der Waals surface area contributed by atoms with Crippen LogP contribution in [0, 0.1) is 11.3 Å². The van der Waals surface area contributed by atoms with Gasteiger partial charge in [-0.3, -0.25) is 4.79 Å². The average Bonchev–Trinajstić information content (AvgIpc) is 2.44. The molecular weight excluding hydrogens is 317 g/mol. The van der Waals surface area contributed by atoms with E-state index in [-0.39, 0.29) is 10.8 Å². The first-order valence-corrected chi connectivity index (χ1v) is 6.81. The Morgan fingerprint density at radius 3 is 2.30 bits per heavy atom. The molecule has 0 N–H and O–H groups in total. The Balaban J connectivity index is 2.42. The highest BCUT2D eigenvalue weighted by Crippen LogP contribution is 2.29. The van der Waals surface area contributed by atoms with Crippen LogP contribution >= 0.6 is 34.8 Å². The molecule has 0 saturated heterocycles. The Morgan fingerprint density at radius 1 is 1.00 bits per heavy atom. The van der Waals surface area contributed by atoms with Gasteiger partial charge in [-0.15, -0.1) is 0 Å². The molecule has 0 aliphatic rings. The Kier molecular flexibility index (Phi) is 4.67. The summed E-state index contributed by atoms with van der Waals surface area (Å²) in [5.41, 5.74) is 0.804. The molecule has 2 aromatic carbocycles. The second-order valence-electron chi connectivity index (χ2n) is 4.08. The number of nitrogens with zero attached hydrogens (tertiary/aromatic N) is 1. The van der Waals surface area contributed by atoms with Gasteiger partial charge in [0, 0.05) is 10.6 Å². The minimum Gasteiger partial charge on any atom is -0.292 e. The Hall–Kier alpha value is -1.53. The van der Waals surface area contributed by atoms with Crippen LogP contribution in [0.4, 0.5) is 0 Å². The van der Waals surface area contributed by atoms with E-state index >= 15 is 0 Å². The molecule has 0 aliphatic carbocycles. The average molecular weight is 325 g/mol. The number of carbonyl (C=O) groups excluding carboxylic acids is 1. The lowest BCUT2D eigenvalue weighted by Crippen LogP contribution is -2.11. The van der Waals surface area contributed by atoms with Gasteiger partial charge in [-0.25, -0.2) is 0 Å². The molecule has 0 radical (unpaired) electrons. The zero-order valence-corrected chi connectivity index (χ0v) is 12.4. The summed E-state index contributed by atoms with van der Waals surface area (Å²) in [6.45, 7) is 0. The number of nitriles is 1. The largest absolute Gasteiger partial charge is 0.292 e. The summed E-state index contributed by atoms with van der Waals surface area (Å²) in [5.74, 6) is -1.33. The van der Waals surface area contributed by atoms with Crippen molar-refractivity contribution in [2.75, 3.05) is 0 Å². The van der Waals surface area contributed by atoms with Crippen molar-refractivity contribution >= 4 is 40.6 Å². The number of Topliss-reactive ketones (excluding diaryl/α,β-unsaturated/α-hetero) is 1. The molecule has 1 atom stereocenters. The van der Waals surface area contributed by atoms with Crippen LogP contribution in [0.5, 0.6) is 0 Å². The predicted molar refractivity (Wildman–Crippen MR) is 80.6 cm³/mol. The fourth-order valence-corrected chi connectivity index (χ4v) is 2.34. The van der Waals surface area contributed by atoms with E-state index in [1.807, 2.05) is 6.07 Å². The van der Waals surface area contributed by atoms with Gasteiger partial charge in [0.05, 0.1) is 16.1 Å². The van der Waals surface area contributed by atoms with Crippen LogP contribution in [0.25, 0.3) is 0 Å². The van der Waals surface area contributed by atoms with Crippen molar-refractivity contribution in [3.05, 3.63) is 68.7 Å². The molecule has 2 nitrogen and oxygen atoms in total. The monoisotopic (exact) mass is 323 g/mol. The summed E-state index contributed by atoms with van der Waals surface area (Å²) in [5, 5.41) is 10.3. The standard InChI is InChI=1S/C15H8Cl3NO/c16-12-4-2-1-3-10(12)11(8-19)15(20)9-5-6-13(17)14(18)7-9/h1-7,11H. The van der Waals surface area contributed by atoms with Crippen LogP contribution in [-0.2, 0) is 0 Å². The number of ketones is 1. The van der Waals surface area contributed by atoms with Crippen molar-refractivity contribution in [2.24, 2.45) is 0 Å². The highest BCUT2D eigenvalue weighted by molar-refractivity contribution is 6.42. The molecule has 2 aromatic rings. The number of halogens is 3. The number of hydrogen-bond acceptors (Lipinski definition) is 2. The van der Waals surface area contributed by atoms with Crippen LogP contribution in [0.2, 0.25) is 15.1 Å². The third-order valence-corrected chi connectivity index (χ3v) is 3.89. The van der Waals surface area contributed by atoms with Crippen molar-refractivity contribution < 1.29 is 4.79 Å². The van der Waals surface area contributed by atoms with Crippen LogP contribution < -0.4 is 0 Å². The fourth-order valence-electron chi connectivity index (χ4n) is 1.79. The third kappa shape index (κ3) is 2.96. The lowest BCUT2D eigenvalue weighted by molar-refractivity contribution is 0.0979. The van der Waals surface area contributed by atoms with Gasteiger partial charge < -0.3 is 0 Å².